The highest BCUT2D eigenvalue weighted by Crippen LogP contribution is 2.22. The van der Waals surface area contributed by atoms with E-state index in [9.17, 15) is 0 Å². The van der Waals surface area contributed by atoms with Crippen LogP contribution in [-0.4, -0.2) is 4.98 Å². The number of nitrogens with one attached hydrogen (secondary N) is 1. The Balaban J connectivity index is 3.27. The van der Waals surface area contributed by atoms with Crippen LogP contribution in [0.2, 0.25) is 0 Å². The van der Waals surface area contributed by atoms with Crippen molar-refractivity contribution in [2.45, 2.75) is 0 Å². The molecular weight excluding hydrogens is 248 g/mol. The molecule has 1 aromatic rings. The van der Waals surface area contributed by atoms with Crippen LogP contribution < -0.4 is 0 Å². The predicted octanol–water partition coefficient (Wildman–Crippen LogP) is 2.41. The lowest BCUT2D eigenvalue weighted by molar-refractivity contribution is 1.34. The summed E-state index contributed by atoms with van der Waals surface area (Å²) in [7, 11) is 0. The lowest BCUT2D eigenvalue weighted by Crippen LogP contribution is -1.67. The van der Waals surface area contributed by atoms with Gasteiger partial charge in [0, 0.05) is 6.20 Å². The number of aromatic amines is 1. The Bertz CT molecular complexity index is 239. The van der Waals surface area contributed by atoms with Crippen LogP contribution >= 0.6 is 31.9 Å². The van der Waals surface area contributed by atoms with E-state index in [1.165, 1.54) is 0 Å². The topological polar surface area (TPSA) is 39.6 Å². The van der Waals surface area contributed by atoms with Crippen LogP contribution in [0.25, 0.3) is 0 Å². The number of hydrogen-bond acceptors (Lipinski definition) is 1. The predicted molar refractivity (Wildman–Crippen MR) is 40.9 cm³/mol. The number of halogens is 2. The Labute approximate surface area is 69.1 Å². The summed E-state index contributed by atoms with van der Waals surface area (Å²) in [5.41, 5.74) is 0.606. The average Bonchev–Trinajstić information content (AvgIpc) is 2.12. The van der Waals surface area contributed by atoms with E-state index >= 15 is 0 Å². The van der Waals surface area contributed by atoms with Gasteiger partial charge >= 0.3 is 0 Å². The van der Waals surface area contributed by atoms with Crippen LogP contribution in [0, 0.1) is 11.3 Å². The van der Waals surface area contributed by atoms with Crippen molar-refractivity contribution in [3.05, 3.63) is 20.8 Å². The van der Waals surface area contributed by atoms with E-state index in [2.05, 4.69) is 36.8 Å². The normalized spacial score (nSPS) is 9.00. The number of nitriles is 1. The third-order valence-electron chi connectivity index (χ3n) is 0.896. The maximum Gasteiger partial charge on any atom is 0.103 e. The molecule has 0 radical (unpaired) electrons. The summed E-state index contributed by atoms with van der Waals surface area (Å²) in [5, 5.41) is 8.46. The van der Waals surface area contributed by atoms with Gasteiger partial charge in [0.15, 0.2) is 0 Å². The smallest absolute Gasteiger partial charge is 0.103 e. The second kappa shape index (κ2) is 2.54. The Hall–Kier alpha value is -0.270. The molecule has 0 bridgehead atoms. The monoisotopic (exact) mass is 248 g/mol. The summed E-state index contributed by atoms with van der Waals surface area (Å²) >= 11 is 6.36. The maximum atomic E-state index is 8.46. The Kier molecular flexibility index (Phi) is 1.94. The standard InChI is InChI=1S/C5H2Br2N2/c6-4-2-9-5(7)3(4)1-8/h2,9H. The fraction of sp³-hybridized carbons (Fsp3) is 0. The largest absolute Gasteiger partial charge is 0.354 e. The van der Waals surface area contributed by atoms with E-state index in [0.29, 0.717) is 5.56 Å². The number of nitrogens with zero attached hydrogens (tertiary/aromatic N) is 1. The van der Waals surface area contributed by atoms with Gasteiger partial charge in [-0.05, 0) is 31.9 Å². The van der Waals surface area contributed by atoms with Gasteiger partial charge in [0.1, 0.15) is 10.7 Å². The third-order valence-corrected chi connectivity index (χ3v) is 2.15. The lowest BCUT2D eigenvalue weighted by atomic mass is 10.4. The highest BCUT2D eigenvalue weighted by atomic mass is 79.9. The van der Waals surface area contributed by atoms with Crippen LogP contribution in [-0.2, 0) is 0 Å². The van der Waals surface area contributed by atoms with Gasteiger partial charge in [-0.15, -0.1) is 0 Å². The molecule has 0 saturated carbocycles. The summed E-state index contributed by atoms with van der Waals surface area (Å²) in [4.78, 5) is 2.84. The van der Waals surface area contributed by atoms with E-state index in [1.807, 2.05) is 6.07 Å². The molecule has 0 unspecified atom stereocenters. The van der Waals surface area contributed by atoms with Crippen molar-refractivity contribution >= 4 is 31.9 Å². The van der Waals surface area contributed by atoms with Crippen LogP contribution in [0.5, 0.6) is 0 Å². The van der Waals surface area contributed by atoms with Crippen molar-refractivity contribution in [1.82, 2.24) is 4.98 Å². The highest BCUT2D eigenvalue weighted by Gasteiger charge is 2.03. The zero-order chi connectivity index (χ0) is 6.85. The summed E-state index contributed by atoms with van der Waals surface area (Å²) in [6, 6.07) is 2.02. The number of H-pyrrole nitrogens is 1. The van der Waals surface area contributed by atoms with Gasteiger partial charge < -0.3 is 4.98 Å². The average molecular weight is 250 g/mol. The molecule has 0 saturated heterocycles. The fourth-order valence-corrected chi connectivity index (χ4v) is 1.56. The number of aromatic nitrogens is 1. The molecule has 0 amide bonds. The molecule has 1 rings (SSSR count). The van der Waals surface area contributed by atoms with E-state index in [4.69, 9.17) is 5.26 Å². The minimum atomic E-state index is 0.606. The minimum Gasteiger partial charge on any atom is -0.354 e. The summed E-state index contributed by atoms with van der Waals surface area (Å²) < 4.78 is 1.51. The van der Waals surface area contributed by atoms with Gasteiger partial charge in [0.25, 0.3) is 0 Å². The molecule has 9 heavy (non-hydrogen) atoms. The van der Waals surface area contributed by atoms with Crippen molar-refractivity contribution in [2.24, 2.45) is 0 Å². The zero-order valence-corrected chi connectivity index (χ0v) is 7.45. The van der Waals surface area contributed by atoms with E-state index in [1.54, 1.807) is 6.20 Å². The quantitative estimate of drug-likeness (QED) is 0.754. The second-order valence-electron chi connectivity index (χ2n) is 1.44. The van der Waals surface area contributed by atoms with Gasteiger partial charge in [-0.25, -0.2) is 0 Å². The number of hydrogen-bond donors (Lipinski definition) is 1. The Morgan fingerprint density at radius 1 is 1.56 bits per heavy atom. The molecule has 0 fully saturated rings. The molecule has 1 N–H and O–H groups in total. The lowest BCUT2D eigenvalue weighted by Gasteiger charge is -1.79. The molecule has 0 spiro atoms. The maximum absolute atomic E-state index is 8.46. The minimum absolute atomic E-state index is 0.606. The number of rotatable bonds is 0. The molecule has 1 aromatic heterocycles. The Morgan fingerprint density at radius 3 is 2.44 bits per heavy atom. The Morgan fingerprint density at radius 2 is 2.22 bits per heavy atom. The molecule has 4 heteroatoms. The van der Waals surface area contributed by atoms with Crippen molar-refractivity contribution in [2.75, 3.05) is 0 Å². The van der Waals surface area contributed by atoms with Gasteiger partial charge in [-0.2, -0.15) is 5.26 Å². The van der Waals surface area contributed by atoms with Crippen molar-refractivity contribution in [1.29, 1.82) is 5.26 Å². The van der Waals surface area contributed by atoms with Gasteiger partial charge in [-0.1, -0.05) is 0 Å². The van der Waals surface area contributed by atoms with Crippen LogP contribution in [0.3, 0.4) is 0 Å². The van der Waals surface area contributed by atoms with E-state index < -0.39 is 0 Å². The van der Waals surface area contributed by atoms with Gasteiger partial charge in [-0.3, -0.25) is 0 Å². The van der Waals surface area contributed by atoms with Crippen molar-refractivity contribution < 1.29 is 0 Å². The fourth-order valence-electron chi connectivity index (χ4n) is 0.478. The van der Waals surface area contributed by atoms with E-state index in [-0.39, 0.29) is 0 Å². The third kappa shape index (κ3) is 1.17. The molecule has 0 aliphatic carbocycles. The van der Waals surface area contributed by atoms with Crippen molar-refractivity contribution in [3.8, 4) is 6.07 Å². The van der Waals surface area contributed by atoms with E-state index in [0.717, 1.165) is 9.08 Å². The summed E-state index contributed by atoms with van der Waals surface area (Å²) in [6.07, 6.45) is 1.71. The molecule has 2 nitrogen and oxygen atoms in total. The second-order valence-corrected chi connectivity index (χ2v) is 3.08. The summed E-state index contributed by atoms with van der Waals surface area (Å²) in [5.74, 6) is 0. The van der Waals surface area contributed by atoms with Gasteiger partial charge in [0.05, 0.1) is 10.0 Å². The molecule has 0 aliphatic heterocycles. The molecule has 0 atom stereocenters. The molecule has 0 aliphatic rings. The molecule has 0 aromatic carbocycles. The highest BCUT2D eigenvalue weighted by molar-refractivity contribution is 9.11. The first kappa shape index (κ1) is 6.84. The molecule has 46 valence electrons. The van der Waals surface area contributed by atoms with Crippen LogP contribution in [0.15, 0.2) is 15.3 Å². The van der Waals surface area contributed by atoms with Crippen molar-refractivity contribution in [3.63, 3.8) is 0 Å². The van der Waals surface area contributed by atoms with Crippen LogP contribution in [0.4, 0.5) is 0 Å². The first-order valence-corrected chi connectivity index (χ1v) is 3.76. The molecule has 1 heterocycles. The molecular formula is C5H2Br2N2. The SMILES string of the molecule is N#Cc1c(Br)c[nH]c1Br. The summed E-state index contributed by atoms with van der Waals surface area (Å²) in [6.45, 7) is 0. The first-order chi connectivity index (χ1) is 4.25. The van der Waals surface area contributed by atoms with Gasteiger partial charge in [0.2, 0.25) is 0 Å². The zero-order valence-electron chi connectivity index (χ0n) is 4.28. The first-order valence-electron chi connectivity index (χ1n) is 2.18. The van der Waals surface area contributed by atoms with Crippen LogP contribution in [0.1, 0.15) is 5.56 Å².